The monoisotopic (exact) mass is 230 g/mol. The Morgan fingerprint density at radius 3 is 2.87 bits per heavy atom. The highest BCUT2D eigenvalue weighted by Gasteiger charge is 2.15. The van der Waals surface area contributed by atoms with Gasteiger partial charge in [-0.25, -0.2) is 10.2 Å². The fraction of sp³-hybridized carbons (Fsp3) is 0.625. The van der Waals surface area contributed by atoms with Crippen LogP contribution in [0.3, 0.4) is 0 Å². The van der Waals surface area contributed by atoms with Gasteiger partial charge in [0.1, 0.15) is 5.60 Å². The van der Waals surface area contributed by atoms with Crippen LogP contribution in [-0.2, 0) is 11.3 Å². The SMILES string of the molecule is CC(C)(C)OC(=O)NNCc1csnn1. The summed E-state index contributed by atoms with van der Waals surface area (Å²) in [5.74, 6) is 0. The number of hydrogen-bond donors (Lipinski definition) is 2. The Morgan fingerprint density at radius 2 is 2.33 bits per heavy atom. The molecule has 0 aliphatic heterocycles. The number of hydrazine groups is 1. The van der Waals surface area contributed by atoms with E-state index < -0.39 is 11.7 Å². The zero-order valence-corrected chi connectivity index (χ0v) is 9.72. The Bertz CT molecular complexity index is 307. The molecule has 15 heavy (non-hydrogen) atoms. The van der Waals surface area contributed by atoms with Crippen LogP contribution in [0.1, 0.15) is 26.5 Å². The summed E-state index contributed by atoms with van der Waals surface area (Å²) >= 11 is 1.26. The molecule has 1 heterocycles. The summed E-state index contributed by atoms with van der Waals surface area (Å²) in [5.41, 5.74) is 5.37. The average molecular weight is 230 g/mol. The normalized spacial score (nSPS) is 11.1. The second kappa shape index (κ2) is 5.04. The van der Waals surface area contributed by atoms with Gasteiger partial charge in [0.25, 0.3) is 0 Å². The van der Waals surface area contributed by atoms with Crippen molar-refractivity contribution in [1.29, 1.82) is 0 Å². The van der Waals surface area contributed by atoms with Crippen molar-refractivity contribution in [3.05, 3.63) is 11.1 Å². The van der Waals surface area contributed by atoms with Crippen molar-refractivity contribution in [1.82, 2.24) is 20.4 Å². The average Bonchev–Trinajstić information content (AvgIpc) is 2.53. The van der Waals surface area contributed by atoms with E-state index in [0.717, 1.165) is 5.69 Å². The van der Waals surface area contributed by atoms with Gasteiger partial charge in [0.2, 0.25) is 0 Å². The molecule has 7 heteroatoms. The molecule has 0 spiro atoms. The molecule has 1 aromatic rings. The van der Waals surface area contributed by atoms with Gasteiger partial charge in [-0.2, -0.15) is 0 Å². The maximum absolute atomic E-state index is 11.2. The minimum Gasteiger partial charge on any atom is -0.443 e. The quantitative estimate of drug-likeness (QED) is 0.759. The number of nitrogens with zero attached hydrogens (tertiary/aromatic N) is 2. The molecular weight excluding hydrogens is 216 g/mol. The molecule has 84 valence electrons. The summed E-state index contributed by atoms with van der Waals surface area (Å²) in [6.45, 7) is 5.83. The summed E-state index contributed by atoms with van der Waals surface area (Å²) in [5, 5.41) is 5.60. The third-order valence-corrected chi connectivity index (χ3v) is 1.82. The topological polar surface area (TPSA) is 76.1 Å². The van der Waals surface area contributed by atoms with Crippen LogP contribution in [-0.4, -0.2) is 21.3 Å². The predicted octanol–water partition coefficient (Wildman–Crippen LogP) is 1.07. The number of ether oxygens (including phenoxy) is 1. The van der Waals surface area contributed by atoms with Crippen molar-refractivity contribution in [3.63, 3.8) is 0 Å². The van der Waals surface area contributed by atoms with Crippen molar-refractivity contribution < 1.29 is 9.53 Å². The first-order chi connectivity index (χ1) is 6.97. The van der Waals surface area contributed by atoms with E-state index in [0.29, 0.717) is 6.54 Å². The van der Waals surface area contributed by atoms with E-state index in [4.69, 9.17) is 4.74 Å². The van der Waals surface area contributed by atoms with Crippen LogP contribution in [0.5, 0.6) is 0 Å². The third kappa shape index (κ3) is 5.28. The molecule has 0 atom stereocenters. The molecule has 0 fully saturated rings. The first-order valence-electron chi connectivity index (χ1n) is 4.45. The molecule has 0 aliphatic carbocycles. The Hall–Kier alpha value is -1.21. The number of aromatic nitrogens is 2. The Balaban J connectivity index is 2.18. The molecular formula is C8H14N4O2S. The number of carbonyl (C=O) groups excluding carboxylic acids is 1. The lowest BCUT2D eigenvalue weighted by Crippen LogP contribution is -2.40. The minimum absolute atomic E-state index is 0.426. The van der Waals surface area contributed by atoms with Crippen molar-refractivity contribution in [2.24, 2.45) is 0 Å². The van der Waals surface area contributed by atoms with Crippen LogP contribution in [0.15, 0.2) is 5.38 Å². The van der Waals surface area contributed by atoms with Crippen molar-refractivity contribution in [3.8, 4) is 0 Å². The highest BCUT2D eigenvalue weighted by atomic mass is 32.1. The van der Waals surface area contributed by atoms with E-state index in [9.17, 15) is 4.79 Å². The lowest BCUT2D eigenvalue weighted by molar-refractivity contribution is 0.0497. The maximum Gasteiger partial charge on any atom is 0.422 e. The fourth-order valence-electron chi connectivity index (χ4n) is 0.772. The van der Waals surface area contributed by atoms with E-state index in [1.165, 1.54) is 11.5 Å². The molecule has 6 nitrogen and oxygen atoms in total. The minimum atomic E-state index is -0.509. The molecule has 0 saturated heterocycles. The largest absolute Gasteiger partial charge is 0.443 e. The van der Waals surface area contributed by atoms with Gasteiger partial charge in [0.05, 0.1) is 12.2 Å². The van der Waals surface area contributed by atoms with Gasteiger partial charge in [0, 0.05) is 5.38 Å². The van der Waals surface area contributed by atoms with Gasteiger partial charge < -0.3 is 4.74 Å². The molecule has 0 radical (unpaired) electrons. The lowest BCUT2D eigenvalue weighted by Gasteiger charge is -2.19. The van der Waals surface area contributed by atoms with E-state index in [1.54, 1.807) is 26.2 Å². The third-order valence-electron chi connectivity index (χ3n) is 1.26. The van der Waals surface area contributed by atoms with Gasteiger partial charge >= 0.3 is 6.09 Å². The summed E-state index contributed by atoms with van der Waals surface area (Å²) < 4.78 is 8.70. The Morgan fingerprint density at radius 1 is 1.60 bits per heavy atom. The molecule has 0 aromatic carbocycles. The predicted molar refractivity (Wildman–Crippen MR) is 56.1 cm³/mol. The summed E-state index contributed by atoms with van der Waals surface area (Å²) in [4.78, 5) is 11.2. The van der Waals surface area contributed by atoms with E-state index in [1.807, 2.05) is 0 Å². The second-order valence-corrected chi connectivity index (χ2v) is 4.49. The standard InChI is InChI=1S/C8H14N4O2S/c1-8(2,3)14-7(13)11-9-4-6-5-15-12-10-6/h5,9H,4H2,1-3H3,(H,11,13). The van der Waals surface area contributed by atoms with E-state index in [-0.39, 0.29) is 0 Å². The van der Waals surface area contributed by atoms with Crippen LogP contribution in [0.25, 0.3) is 0 Å². The van der Waals surface area contributed by atoms with Gasteiger partial charge in [0.15, 0.2) is 0 Å². The van der Waals surface area contributed by atoms with Gasteiger partial charge in [-0.15, -0.1) is 5.10 Å². The molecule has 0 bridgehead atoms. The Labute approximate surface area is 92.2 Å². The molecule has 0 saturated carbocycles. The number of carbonyl (C=O) groups is 1. The van der Waals surface area contributed by atoms with Crippen LogP contribution in [0.2, 0.25) is 0 Å². The first kappa shape index (κ1) is 11.9. The number of rotatable bonds is 3. The highest BCUT2D eigenvalue weighted by Crippen LogP contribution is 2.05. The summed E-state index contributed by atoms with van der Waals surface area (Å²) in [6, 6.07) is 0. The van der Waals surface area contributed by atoms with Crippen LogP contribution in [0, 0.1) is 0 Å². The second-order valence-electron chi connectivity index (χ2n) is 3.88. The highest BCUT2D eigenvalue weighted by molar-refractivity contribution is 7.03. The van der Waals surface area contributed by atoms with Gasteiger partial charge in [-0.1, -0.05) is 4.49 Å². The fourth-order valence-corrected chi connectivity index (χ4v) is 1.22. The molecule has 0 unspecified atom stereocenters. The number of amides is 1. The van der Waals surface area contributed by atoms with Crippen molar-refractivity contribution >= 4 is 17.6 Å². The Kier molecular flexibility index (Phi) is 3.98. The first-order valence-corrected chi connectivity index (χ1v) is 5.29. The molecule has 1 aromatic heterocycles. The van der Waals surface area contributed by atoms with Crippen molar-refractivity contribution in [2.45, 2.75) is 32.9 Å². The van der Waals surface area contributed by atoms with Gasteiger partial charge in [-0.05, 0) is 32.3 Å². The summed E-state index contributed by atoms with van der Waals surface area (Å²) in [6.07, 6.45) is -0.509. The molecule has 1 rings (SSSR count). The number of nitrogens with one attached hydrogen (secondary N) is 2. The lowest BCUT2D eigenvalue weighted by atomic mass is 10.2. The zero-order chi connectivity index (χ0) is 11.3. The van der Waals surface area contributed by atoms with Crippen LogP contribution >= 0.6 is 11.5 Å². The number of hydrogen-bond acceptors (Lipinski definition) is 6. The zero-order valence-electron chi connectivity index (χ0n) is 8.90. The van der Waals surface area contributed by atoms with Gasteiger partial charge in [-0.3, -0.25) is 5.43 Å². The smallest absolute Gasteiger partial charge is 0.422 e. The van der Waals surface area contributed by atoms with E-state index in [2.05, 4.69) is 20.4 Å². The molecule has 0 aliphatic rings. The van der Waals surface area contributed by atoms with Crippen molar-refractivity contribution in [2.75, 3.05) is 0 Å². The maximum atomic E-state index is 11.2. The van der Waals surface area contributed by atoms with Crippen LogP contribution in [0.4, 0.5) is 4.79 Å². The van der Waals surface area contributed by atoms with Crippen LogP contribution < -0.4 is 10.9 Å². The molecule has 1 amide bonds. The molecule has 2 N–H and O–H groups in total. The van der Waals surface area contributed by atoms with E-state index >= 15 is 0 Å². The summed E-state index contributed by atoms with van der Waals surface area (Å²) in [7, 11) is 0.